The Kier molecular flexibility index (Phi) is 6.66. The van der Waals surface area contributed by atoms with Gasteiger partial charge in [0.25, 0.3) is 0 Å². The van der Waals surface area contributed by atoms with Crippen LogP contribution in [0.2, 0.25) is 0 Å². The van der Waals surface area contributed by atoms with E-state index in [4.69, 9.17) is 4.74 Å². The summed E-state index contributed by atoms with van der Waals surface area (Å²) in [5, 5.41) is 6.86. The Balaban J connectivity index is 1.23. The average Bonchev–Trinajstić information content (AvgIpc) is 3.35. The zero-order valence-corrected chi connectivity index (χ0v) is 20.5. The molecule has 38 heavy (non-hydrogen) atoms. The van der Waals surface area contributed by atoms with E-state index in [-0.39, 0.29) is 18.0 Å². The van der Waals surface area contributed by atoms with Crippen LogP contribution in [0.3, 0.4) is 0 Å². The van der Waals surface area contributed by atoms with Gasteiger partial charge < -0.3 is 19.9 Å². The van der Waals surface area contributed by atoms with Gasteiger partial charge in [0, 0.05) is 56.1 Å². The van der Waals surface area contributed by atoms with E-state index in [1.54, 1.807) is 46.3 Å². The monoisotopic (exact) mass is 520 g/mol. The molecule has 1 aromatic carbocycles. The van der Waals surface area contributed by atoms with Crippen LogP contribution in [-0.2, 0) is 16.1 Å². The number of hydrogen-bond acceptors (Lipinski definition) is 8. The minimum absolute atomic E-state index is 0.0268. The number of amides is 1. The van der Waals surface area contributed by atoms with Gasteiger partial charge in [0.2, 0.25) is 11.9 Å². The number of carbonyl (C=O) groups is 1. The molecular weight excluding hydrogens is 494 g/mol. The lowest BCUT2D eigenvalue weighted by atomic mass is 10.1. The maximum atomic E-state index is 15.0. The molecule has 0 radical (unpaired) electrons. The van der Waals surface area contributed by atoms with Crippen molar-refractivity contribution < 1.29 is 18.3 Å². The van der Waals surface area contributed by atoms with E-state index in [0.717, 1.165) is 5.39 Å². The third-order valence-corrected chi connectivity index (χ3v) is 6.69. The van der Waals surface area contributed by atoms with Crippen LogP contribution in [0, 0.1) is 11.6 Å². The van der Waals surface area contributed by atoms with Crippen molar-refractivity contribution in [3.63, 3.8) is 0 Å². The number of benzene rings is 1. The fourth-order valence-corrected chi connectivity index (χ4v) is 4.65. The lowest BCUT2D eigenvalue weighted by Gasteiger charge is -2.27. The van der Waals surface area contributed by atoms with Crippen molar-refractivity contribution in [2.24, 2.45) is 0 Å². The molecule has 2 aliphatic heterocycles. The van der Waals surface area contributed by atoms with Gasteiger partial charge in [0.15, 0.2) is 0 Å². The van der Waals surface area contributed by atoms with Crippen molar-refractivity contribution in [2.45, 2.75) is 6.54 Å². The third kappa shape index (κ3) is 4.93. The van der Waals surface area contributed by atoms with Gasteiger partial charge in [-0.15, -0.1) is 0 Å². The summed E-state index contributed by atoms with van der Waals surface area (Å²) in [6.45, 7) is 4.16. The first-order valence-corrected chi connectivity index (χ1v) is 12.4. The minimum atomic E-state index is -0.602. The molecule has 0 unspecified atom stereocenters. The summed E-state index contributed by atoms with van der Waals surface area (Å²) in [5.41, 5.74) is 1.51. The number of morpholine rings is 1. The van der Waals surface area contributed by atoms with Gasteiger partial charge >= 0.3 is 0 Å². The van der Waals surface area contributed by atoms with Crippen molar-refractivity contribution in [1.29, 1.82) is 0 Å². The van der Waals surface area contributed by atoms with E-state index in [1.165, 1.54) is 12.1 Å². The SMILES string of the molecule is O=C1CNCCN1c1ccc(Nc2ncc3ccn(-c4cc(F)c(CN5CCOCC5)c(F)c4)c3n2)cn1. The molecule has 4 aromatic rings. The molecular formula is C26H26F2N8O2. The van der Waals surface area contributed by atoms with Crippen LogP contribution in [0.5, 0.6) is 0 Å². The van der Waals surface area contributed by atoms with Crippen LogP contribution >= 0.6 is 0 Å². The number of nitrogens with zero attached hydrogens (tertiary/aromatic N) is 6. The van der Waals surface area contributed by atoms with Gasteiger partial charge in [-0.05, 0) is 30.3 Å². The van der Waals surface area contributed by atoms with Crippen LogP contribution in [0.4, 0.5) is 26.2 Å². The first kappa shape index (κ1) is 24.3. The zero-order valence-electron chi connectivity index (χ0n) is 20.5. The number of ether oxygens (including phenoxy) is 1. The van der Waals surface area contributed by atoms with E-state index in [9.17, 15) is 4.79 Å². The number of hydrogen-bond donors (Lipinski definition) is 2. The summed E-state index contributed by atoms with van der Waals surface area (Å²) in [4.78, 5) is 29.0. The molecule has 2 saturated heterocycles. The molecule has 6 rings (SSSR count). The molecule has 0 atom stereocenters. The van der Waals surface area contributed by atoms with E-state index >= 15 is 8.78 Å². The van der Waals surface area contributed by atoms with Gasteiger partial charge in [-0.2, -0.15) is 4.98 Å². The smallest absolute Gasteiger partial charge is 0.242 e. The van der Waals surface area contributed by atoms with Crippen molar-refractivity contribution in [2.75, 3.05) is 56.2 Å². The Morgan fingerprint density at radius 1 is 1.03 bits per heavy atom. The molecule has 12 heteroatoms. The highest BCUT2D eigenvalue weighted by Gasteiger charge is 2.21. The van der Waals surface area contributed by atoms with Crippen LogP contribution in [0.15, 0.2) is 48.9 Å². The highest BCUT2D eigenvalue weighted by molar-refractivity contribution is 5.94. The van der Waals surface area contributed by atoms with Crippen molar-refractivity contribution in [1.82, 2.24) is 29.7 Å². The van der Waals surface area contributed by atoms with Gasteiger partial charge in [-0.3, -0.25) is 14.6 Å². The van der Waals surface area contributed by atoms with E-state index in [2.05, 4.69) is 25.6 Å². The molecule has 3 aromatic heterocycles. The lowest BCUT2D eigenvalue weighted by molar-refractivity contribution is -0.118. The van der Waals surface area contributed by atoms with E-state index in [0.29, 0.717) is 74.7 Å². The number of halogens is 2. The highest BCUT2D eigenvalue weighted by atomic mass is 19.1. The maximum Gasteiger partial charge on any atom is 0.242 e. The summed E-state index contributed by atoms with van der Waals surface area (Å²) >= 11 is 0. The Hall–Kier alpha value is -4.00. The number of anilines is 3. The molecule has 10 nitrogen and oxygen atoms in total. The average molecular weight is 521 g/mol. The molecule has 0 bridgehead atoms. The largest absolute Gasteiger partial charge is 0.379 e. The van der Waals surface area contributed by atoms with Gasteiger partial charge in [-0.25, -0.2) is 18.7 Å². The molecule has 0 spiro atoms. The van der Waals surface area contributed by atoms with Crippen LogP contribution in [-0.4, -0.2) is 76.3 Å². The van der Waals surface area contributed by atoms with Gasteiger partial charge in [0.05, 0.1) is 37.3 Å². The molecule has 2 fully saturated rings. The van der Waals surface area contributed by atoms with Crippen LogP contribution in [0.25, 0.3) is 16.7 Å². The number of fused-ring (bicyclic) bond motifs is 1. The molecule has 2 aliphatic rings. The van der Waals surface area contributed by atoms with Gasteiger partial charge in [0.1, 0.15) is 23.1 Å². The summed E-state index contributed by atoms with van der Waals surface area (Å²) in [6.07, 6.45) is 4.96. The Labute approximate surface area is 217 Å². The quantitative estimate of drug-likeness (QED) is 0.400. The predicted molar refractivity (Wildman–Crippen MR) is 138 cm³/mol. The van der Waals surface area contributed by atoms with Crippen molar-refractivity contribution in [3.8, 4) is 5.69 Å². The van der Waals surface area contributed by atoms with Crippen LogP contribution in [0.1, 0.15) is 5.56 Å². The number of carbonyl (C=O) groups excluding carboxylic acids is 1. The second kappa shape index (κ2) is 10.4. The molecule has 0 saturated carbocycles. The number of piperazine rings is 1. The number of pyridine rings is 1. The second-order valence-corrected chi connectivity index (χ2v) is 9.19. The topological polar surface area (TPSA) is 100 Å². The number of aromatic nitrogens is 4. The summed E-state index contributed by atoms with van der Waals surface area (Å²) in [5.74, 6) is -0.352. The first-order chi connectivity index (χ1) is 18.5. The predicted octanol–water partition coefficient (Wildman–Crippen LogP) is 2.61. The molecule has 0 aliphatic carbocycles. The van der Waals surface area contributed by atoms with Crippen LogP contribution < -0.4 is 15.5 Å². The van der Waals surface area contributed by atoms with Crippen molar-refractivity contribution in [3.05, 3.63) is 66.1 Å². The first-order valence-electron chi connectivity index (χ1n) is 12.4. The summed E-state index contributed by atoms with van der Waals surface area (Å²) in [6, 6.07) is 8.00. The molecule has 2 N–H and O–H groups in total. The normalized spacial score (nSPS) is 16.8. The second-order valence-electron chi connectivity index (χ2n) is 9.19. The number of nitrogens with one attached hydrogen (secondary N) is 2. The highest BCUT2D eigenvalue weighted by Crippen LogP contribution is 2.25. The minimum Gasteiger partial charge on any atom is -0.379 e. The number of rotatable bonds is 6. The van der Waals surface area contributed by atoms with E-state index in [1.807, 2.05) is 4.90 Å². The Bertz CT molecular complexity index is 1450. The lowest BCUT2D eigenvalue weighted by Crippen LogP contribution is -2.48. The summed E-state index contributed by atoms with van der Waals surface area (Å²) in [7, 11) is 0. The fraction of sp³-hybridized carbons (Fsp3) is 0.308. The molecule has 5 heterocycles. The zero-order chi connectivity index (χ0) is 26.1. The van der Waals surface area contributed by atoms with E-state index < -0.39 is 11.6 Å². The van der Waals surface area contributed by atoms with Gasteiger partial charge in [-0.1, -0.05) is 0 Å². The fourth-order valence-electron chi connectivity index (χ4n) is 4.65. The Morgan fingerprint density at radius 2 is 1.84 bits per heavy atom. The maximum absolute atomic E-state index is 15.0. The summed E-state index contributed by atoms with van der Waals surface area (Å²) < 4.78 is 37.0. The standard InChI is InChI=1S/C26H26F2N8O2/c27-21-11-19(12-22(28)20(21)16-34-7-9-38-10-8-34)35-5-3-17-13-31-26(33-25(17)35)32-18-1-2-23(30-14-18)36-6-4-29-15-24(36)37/h1-3,5,11-14,29H,4,6-10,15-16H2,(H,31,32,33). The van der Waals surface area contributed by atoms with Crippen molar-refractivity contribution >= 4 is 34.4 Å². The third-order valence-electron chi connectivity index (χ3n) is 6.69. The molecule has 196 valence electrons. The molecule has 1 amide bonds. The Morgan fingerprint density at radius 3 is 2.58 bits per heavy atom.